The topological polar surface area (TPSA) is 214 Å². The maximum atomic E-state index is 13.0. The molecule has 1 N–H and O–H groups in total. The van der Waals surface area contributed by atoms with E-state index in [1.54, 1.807) is 6.92 Å². The lowest BCUT2D eigenvalue weighted by Gasteiger charge is -2.27. The van der Waals surface area contributed by atoms with Crippen molar-refractivity contribution in [1.82, 2.24) is 24.6 Å². The summed E-state index contributed by atoms with van der Waals surface area (Å²) >= 11 is 4.07. The van der Waals surface area contributed by atoms with Crippen molar-refractivity contribution in [2.75, 3.05) is 30.5 Å². The number of hydrogen-bond acceptors (Lipinski definition) is 12. The van der Waals surface area contributed by atoms with Crippen LogP contribution in [-0.4, -0.2) is 76.5 Å². The van der Waals surface area contributed by atoms with Crippen LogP contribution >= 0.6 is 22.9 Å². The summed E-state index contributed by atoms with van der Waals surface area (Å²) in [6.45, 7) is 1.30. The van der Waals surface area contributed by atoms with E-state index in [4.69, 9.17) is 16.3 Å². The number of aromatic nitrogens is 4. The SMILES string of the molecule is CCOC(=O)CN(CCN(c1nnc(-c2ccc([N+](=O)[O-])cc2Cl)s1)S(=O)[O-])C(=O)Cn1cc(C)c(=O)[nH]c1=O. The molecule has 0 aliphatic heterocycles. The van der Waals surface area contributed by atoms with Gasteiger partial charge in [-0.05, 0) is 19.9 Å². The summed E-state index contributed by atoms with van der Waals surface area (Å²) < 4.78 is 30.7. The number of rotatable bonds is 12. The Kier molecular flexibility index (Phi) is 10.2. The maximum Gasteiger partial charge on any atom is 0.328 e. The van der Waals surface area contributed by atoms with Crippen LogP contribution in [0.2, 0.25) is 5.02 Å². The fourth-order valence-corrected chi connectivity index (χ4v) is 5.12. The molecule has 1 unspecified atom stereocenters. The summed E-state index contributed by atoms with van der Waals surface area (Å²) in [5.74, 6) is -1.49. The number of halogens is 1. The molecule has 0 spiro atoms. The standard InChI is InChI=1S/C21H22ClN7O9S2/c1-3-38-17(31)11-26(16(30)10-27-9-12(2)18(32)23-20(27)33)6-7-28(40(36)37)21-25-24-19(39-21)14-5-4-13(29(34)35)8-15(14)22/h4-5,8-9H,3,6-7,10-11H2,1-2H3,(H,36,37)(H,23,32,33)/p-1. The summed E-state index contributed by atoms with van der Waals surface area (Å²) in [7, 11) is 0. The van der Waals surface area contributed by atoms with Gasteiger partial charge in [0.2, 0.25) is 11.0 Å². The van der Waals surface area contributed by atoms with Crippen molar-refractivity contribution in [3.63, 3.8) is 0 Å². The highest BCUT2D eigenvalue weighted by Gasteiger charge is 2.23. The zero-order valence-corrected chi connectivity index (χ0v) is 23.3. The first-order valence-electron chi connectivity index (χ1n) is 11.3. The molecule has 0 saturated heterocycles. The number of nitrogens with zero attached hydrogens (tertiary/aromatic N) is 6. The number of hydrogen-bond donors (Lipinski definition) is 1. The molecule has 19 heteroatoms. The molecule has 0 radical (unpaired) electrons. The van der Waals surface area contributed by atoms with Gasteiger partial charge in [0.15, 0.2) is 5.01 Å². The van der Waals surface area contributed by atoms with Gasteiger partial charge in [0.25, 0.3) is 11.2 Å². The number of esters is 1. The Labute approximate surface area is 236 Å². The Balaban J connectivity index is 1.82. The molecule has 40 heavy (non-hydrogen) atoms. The van der Waals surface area contributed by atoms with Crippen molar-refractivity contribution in [2.45, 2.75) is 20.4 Å². The van der Waals surface area contributed by atoms with Crippen molar-refractivity contribution in [3.8, 4) is 10.6 Å². The number of carbonyl (C=O) groups is 2. The second-order valence-electron chi connectivity index (χ2n) is 7.95. The van der Waals surface area contributed by atoms with Crippen LogP contribution in [0, 0.1) is 17.0 Å². The highest BCUT2D eigenvalue weighted by atomic mass is 35.5. The first kappa shape index (κ1) is 30.5. The number of aryl methyl sites for hydroxylation is 1. The monoisotopic (exact) mass is 614 g/mol. The fourth-order valence-electron chi connectivity index (χ4n) is 3.30. The number of amides is 1. The lowest BCUT2D eigenvalue weighted by atomic mass is 10.2. The van der Waals surface area contributed by atoms with Gasteiger partial charge in [-0.15, -0.1) is 10.2 Å². The maximum absolute atomic E-state index is 13.0. The second-order valence-corrected chi connectivity index (χ2v) is 10.2. The van der Waals surface area contributed by atoms with Gasteiger partial charge in [-0.25, -0.2) is 4.79 Å². The number of nitro groups is 1. The number of benzene rings is 1. The van der Waals surface area contributed by atoms with E-state index in [1.807, 2.05) is 0 Å². The summed E-state index contributed by atoms with van der Waals surface area (Å²) in [6, 6.07) is 3.68. The van der Waals surface area contributed by atoms with Crippen molar-refractivity contribution < 1.29 is 28.0 Å². The summed E-state index contributed by atoms with van der Waals surface area (Å²) in [6.07, 6.45) is 1.19. The van der Waals surface area contributed by atoms with Crippen LogP contribution in [0.5, 0.6) is 0 Å². The van der Waals surface area contributed by atoms with Crippen LogP contribution in [0.15, 0.2) is 34.0 Å². The van der Waals surface area contributed by atoms with E-state index in [0.717, 1.165) is 31.2 Å². The van der Waals surface area contributed by atoms with Gasteiger partial charge in [0, 0.05) is 47.3 Å². The van der Waals surface area contributed by atoms with Crippen molar-refractivity contribution >= 4 is 56.9 Å². The number of nitro benzene ring substituents is 1. The van der Waals surface area contributed by atoms with Crippen molar-refractivity contribution in [1.29, 1.82) is 0 Å². The quantitative estimate of drug-likeness (QED) is 0.129. The number of nitrogens with one attached hydrogen (secondary N) is 1. The van der Waals surface area contributed by atoms with E-state index in [0.29, 0.717) is 0 Å². The van der Waals surface area contributed by atoms with Gasteiger partial charge in [-0.1, -0.05) is 22.9 Å². The van der Waals surface area contributed by atoms with Gasteiger partial charge in [-0.3, -0.25) is 42.6 Å². The molecule has 2 heterocycles. The molecule has 16 nitrogen and oxygen atoms in total. The molecule has 3 aromatic rings. The molecule has 3 rings (SSSR count). The molecule has 1 amide bonds. The predicted molar refractivity (Wildman–Crippen MR) is 143 cm³/mol. The van der Waals surface area contributed by atoms with Crippen LogP contribution < -0.4 is 15.6 Å². The molecule has 0 saturated carbocycles. The molecule has 2 aromatic heterocycles. The first-order chi connectivity index (χ1) is 18.9. The molecular weight excluding hydrogens is 594 g/mol. The fraction of sp³-hybridized carbons (Fsp3) is 0.333. The Hall–Kier alpha value is -4.00. The molecule has 0 bridgehead atoms. The molecule has 0 aliphatic rings. The Morgan fingerprint density at radius 1 is 1.27 bits per heavy atom. The van der Waals surface area contributed by atoms with E-state index in [9.17, 15) is 38.1 Å². The number of aromatic amines is 1. The Morgan fingerprint density at radius 2 is 2.00 bits per heavy atom. The molecule has 0 fully saturated rings. The Bertz CT molecular complexity index is 1570. The molecule has 0 aliphatic carbocycles. The zero-order chi connectivity index (χ0) is 29.6. The minimum absolute atomic E-state index is 0.00522. The molecule has 1 aromatic carbocycles. The minimum atomic E-state index is -2.89. The number of carbonyl (C=O) groups excluding carboxylic acids is 2. The molecule has 1 atom stereocenters. The number of H-pyrrole nitrogens is 1. The largest absolute Gasteiger partial charge is 0.755 e. The summed E-state index contributed by atoms with van der Waals surface area (Å²) in [5, 5.41) is 18.8. The van der Waals surface area contributed by atoms with Crippen LogP contribution in [0.1, 0.15) is 12.5 Å². The van der Waals surface area contributed by atoms with Crippen LogP contribution in [0.4, 0.5) is 10.8 Å². The van der Waals surface area contributed by atoms with Gasteiger partial charge in [0.1, 0.15) is 13.1 Å². The zero-order valence-electron chi connectivity index (χ0n) is 20.9. The molecular formula is C21H21ClN7O9S2-. The summed E-state index contributed by atoms with van der Waals surface area (Å²) in [4.78, 5) is 62.3. The third-order valence-corrected chi connectivity index (χ3v) is 7.37. The van der Waals surface area contributed by atoms with Crippen LogP contribution in [0.25, 0.3) is 10.6 Å². The van der Waals surface area contributed by atoms with Crippen molar-refractivity contribution in [3.05, 3.63) is 65.9 Å². The second kappa shape index (κ2) is 13.4. The van der Waals surface area contributed by atoms with Gasteiger partial charge in [-0.2, -0.15) is 0 Å². The van der Waals surface area contributed by atoms with E-state index in [2.05, 4.69) is 15.2 Å². The number of ether oxygens (including phenoxy) is 1. The minimum Gasteiger partial charge on any atom is -0.755 e. The van der Waals surface area contributed by atoms with E-state index < -0.39 is 52.4 Å². The lowest BCUT2D eigenvalue weighted by Crippen LogP contribution is -2.45. The smallest absolute Gasteiger partial charge is 0.328 e. The normalized spacial score (nSPS) is 11.6. The van der Waals surface area contributed by atoms with Crippen LogP contribution in [0.3, 0.4) is 0 Å². The molecule has 214 valence electrons. The highest BCUT2D eigenvalue weighted by molar-refractivity contribution is 7.80. The number of non-ortho nitro benzene ring substituents is 1. The van der Waals surface area contributed by atoms with E-state index in [1.165, 1.54) is 25.3 Å². The number of anilines is 1. The summed E-state index contributed by atoms with van der Waals surface area (Å²) in [5.41, 5.74) is -1.23. The van der Waals surface area contributed by atoms with Crippen molar-refractivity contribution in [2.24, 2.45) is 0 Å². The third kappa shape index (κ3) is 7.56. The Morgan fingerprint density at radius 3 is 2.62 bits per heavy atom. The van der Waals surface area contributed by atoms with Gasteiger partial charge < -0.3 is 14.2 Å². The van der Waals surface area contributed by atoms with E-state index >= 15 is 0 Å². The van der Waals surface area contributed by atoms with Crippen LogP contribution in [-0.2, 0) is 32.1 Å². The van der Waals surface area contributed by atoms with E-state index in [-0.39, 0.29) is 51.7 Å². The lowest BCUT2D eigenvalue weighted by molar-refractivity contribution is -0.384. The average molecular weight is 615 g/mol. The highest BCUT2D eigenvalue weighted by Crippen LogP contribution is 2.35. The average Bonchev–Trinajstić information content (AvgIpc) is 3.35. The predicted octanol–water partition coefficient (Wildman–Crippen LogP) is 0.618. The van der Waals surface area contributed by atoms with Gasteiger partial charge in [0.05, 0.1) is 23.1 Å². The third-order valence-electron chi connectivity index (χ3n) is 5.25. The first-order valence-corrected chi connectivity index (χ1v) is 13.5. The van der Waals surface area contributed by atoms with Gasteiger partial charge >= 0.3 is 11.7 Å².